The lowest BCUT2D eigenvalue weighted by Crippen LogP contribution is -2.26. The van der Waals surface area contributed by atoms with Crippen molar-refractivity contribution < 1.29 is 19.4 Å². The van der Waals surface area contributed by atoms with Gasteiger partial charge in [-0.3, -0.25) is 9.59 Å². The number of ether oxygens (including phenoxy) is 1. The van der Waals surface area contributed by atoms with Crippen LogP contribution >= 0.6 is 27.3 Å². The van der Waals surface area contributed by atoms with Crippen molar-refractivity contribution in [2.45, 2.75) is 6.42 Å². The van der Waals surface area contributed by atoms with Crippen molar-refractivity contribution in [1.29, 1.82) is 0 Å². The number of esters is 1. The number of carboxylic acid groups (broad SMARTS) is 1. The molecule has 0 radical (unpaired) electrons. The summed E-state index contributed by atoms with van der Waals surface area (Å²) in [5.74, 6) is -3.00. The minimum atomic E-state index is -1.16. The number of carboxylic acids is 1. The lowest BCUT2D eigenvalue weighted by Gasteiger charge is -2.07. The summed E-state index contributed by atoms with van der Waals surface area (Å²) in [5.41, 5.74) is 0. The molecule has 1 aromatic rings. The summed E-state index contributed by atoms with van der Waals surface area (Å²) in [5, 5.41) is 10.7. The molecule has 0 saturated heterocycles. The summed E-state index contributed by atoms with van der Waals surface area (Å²) >= 11 is 4.67. The van der Waals surface area contributed by atoms with Crippen LogP contribution in [0.5, 0.6) is 0 Å². The molecule has 0 saturated carbocycles. The molecule has 1 N–H and O–H groups in total. The number of halogens is 1. The van der Waals surface area contributed by atoms with Crippen LogP contribution in [0.15, 0.2) is 15.9 Å². The van der Waals surface area contributed by atoms with Crippen molar-refractivity contribution in [2.24, 2.45) is 5.92 Å². The van der Waals surface area contributed by atoms with Crippen molar-refractivity contribution in [2.75, 3.05) is 7.11 Å². The molecule has 4 nitrogen and oxygen atoms in total. The lowest BCUT2D eigenvalue weighted by molar-refractivity contribution is -0.156. The highest BCUT2D eigenvalue weighted by Gasteiger charge is 2.27. The average molecular weight is 293 g/mol. The number of carbonyl (C=O) groups excluding carboxylic acids is 1. The molecule has 0 spiro atoms. The maximum Gasteiger partial charge on any atom is 0.320 e. The van der Waals surface area contributed by atoms with E-state index in [1.807, 2.05) is 5.38 Å². The van der Waals surface area contributed by atoms with E-state index in [9.17, 15) is 9.59 Å². The molecule has 0 fully saturated rings. The Labute approximate surface area is 99.0 Å². The maximum absolute atomic E-state index is 11.2. The second kappa shape index (κ2) is 5.27. The van der Waals surface area contributed by atoms with Crippen LogP contribution in [0, 0.1) is 5.92 Å². The fourth-order valence-corrected chi connectivity index (χ4v) is 2.57. The van der Waals surface area contributed by atoms with Crippen molar-refractivity contribution in [3.05, 3.63) is 20.8 Å². The number of carbonyl (C=O) groups is 2. The first-order valence-corrected chi connectivity index (χ1v) is 5.75. The van der Waals surface area contributed by atoms with Crippen LogP contribution in [-0.4, -0.2) is 24.2 Å². The van der Waals surface area contributed by atoms with Crippen LogP contribution in [-0.2, 0) is 20.7 Å². The second-order valence-corrected chi connectivity index (χ2v) is 4.76. The average Bonchev–Trinajstić information content (AvgIpc) is 2.59. The Morgan fingerprint density at radius 3 is 2.73 bits per heavy atom. The normalized spacial score (nSPS) is 12.1. The zero-order valence-electron chi connectivity index (χ0n) is 7.90. The van der Waals surface area contributed by atoms with Crippen molar-refractivity contribution >= 4 is 39.2 Å². The Bertz CT molecular complexity index is 374. The van der Waals surface area contributed by atoms with Gasteiger partial charge in [0, 0.05) is 21.2 Å². The van der Waals surface area contributed by atoms with E-state index < -0.39 is 17.9 Å². The molecule has 1 aromatic heterocycles. The lowest BCUT2D eigenvalue weighted by atomic mass is 10.1. The van der Waals surface area contributed by atoms with Gasteiger partial charge < -0.3 is 9.84 Å². The van der Waals surface area contributed by atoms with Gasteiger partial charge in [-0.2, -0.15) is 0 Å². The molecule has 0 bridgehead atoms. The van der Waals surface area contributed by atoms with Crippen LogP contribution in [0.1, 0.15) is 4.88 Å². The van der Waals surface area contributed by atoms with E-state index in [4.69, 9.17) is 5.11 Å². The quantitative estimate of drug-likeness (QED) is 0.680. The van der Waals surface area contributed by atoms with Gasteiger partial charge in [-0.1, -0.05) is 0 Å². The number of methoxy groups -OCH3 is 1. The smallest absolute Gasteiger partial charge is 0.320 e. The van der Waals surface area contributed by atoms with Crippen molar-refractivity contribution in [1.82, 2.24) is 0 Å². The van der Waals surface area contributed by atoms with Crippen molar-refractivity contribution in [3.8, 4) is 0 Å². The molecule has 0 amide bonds. The van der Waals surface area contributed by atoms with Gasteiger partial charge in [0.15, 0.2) is 5.92 Å². The van der Waals surface area contributed by atoms with Crippen LogP contribution in [0.4, 0.5) is 0 Å². The van der Waals surface area contributed by atoms with E-state index in [-0.39, 0.29) is 6.42 Å². The van der Waals surface area contributed by atoms with E-state index in [2.05, 4.69) is 20.7 Å². The van der Waals surface area contributed by atoms with Gasteiger partial charge >= 0.3 is 11.9 Å². The predicted molar refractivity (Wildman–Crippen MR) is 58.9 cm³/mol. The van der Waals surface area contributed by atoms with E-state index in [1.54, 1.807) is 6.07 Å². The molecule has 0 aliphatic rings. The predicted octanol–water partition coefficient (Wildman–Crippen LogP) is 1.93. The number of hydrogen-bond acceptors (Lipinski definition) is 4. The molecule has 1 unspecified atom stereocenters. The summed E-state index contributed by atoms with van der Waals surface area (Å²) in [6, 6.07) is 1.80. The molecule has 1 heterocycles. The van der Waals surface area contributed by atoms with Crippen LogP contribution in [0.3, 0.4) is 0 Å². The van der Waals surface area contributed by atoms with Gasteiger partial charge in [0.1, 0.15) is 0 Å². The van der Waals surface area contributed by atoms with E-state index in [1.165, 1.54) is 18.4 Å². The fourth-order valence-electron chi connectivity index (χ4n) is 1.08. The fraction of sp³-hybridized carbons (Fsp3) is 0.333. The van der Waals surface area contributed by atoms with Crippen LogP contribution in [0.25, 0.3) is 0 Å². The van der Waals surface area contributed by atoms with Crippen LogP contribution < -0.4 is 0 Å². The first kappa shape index (κ1) is 12.2. The minimum Gasteiger partial charge on any atom is -0.481 e. The molecule has 1 rings (SSSR count). The molecule has 1 atom stereocenters. The number of aliphatic carboxylic acids is 1. The summed E-state index contributed by atoms with van der Waals surface area (Å²) < 4.78 is 5.31. The summed E-state index contributed by atoms with van der Waals surface area (Å²) in [6.07, 6.45) is 0.165. The molecule has 15 heavy (non-hydrogen) atoms. The Morgan fingerprint density at radius 1 is 1.67 bits per heavy atom. The monoisotopic (exact) mass is 292 g/mol. The van der Waals surface area contributed by atoms with Gasteiger partial charge in [0.2, 0.25) is 0 Å². The molecular formula is C9H9BrO4S. The SMILES string of the molecule is COC(=O)C(Cc1cc(Br)cs1)C(=O)O. The standard InChI is InChI=1S/C9H9BrO4S/c1-14-9(13)7(8(11)12)3-6-2-5(10)4-15-6/h2,4,7H,3H2,1H3,(H,11,12). The van der Waals surface area contributed by atoms with Gasteiger partial charge in [0.25, 0.3) is 0 Å². The third kappa shape index (κ3) is 3.32. The first-order valence-electron chi connectivity index (χ1n) is 4.08. The molecule has 0 aliphatic heterocycles. The highest BCUT2D eigenvalue weighted by atomic mass is 79.9. The zero-order chi connectivity index (χ0) is 11.4. The highest BCUT2D eigenvalue weighted by Crippen LogP contribution is 2.23. The molecular weight excluding hydrogens is 284 g/mol. The third-order valence-corrected chi connectivity index (χ3v) is 3.53. The van der Waals surface area contributed by atoms with Gasteiger partial charge in [0.05, 0.1) is 7.11 Å². The summed E-state index contributed by atoms with van der Waals surface area (Å²) in [4.78, 5) is 22.8. The first-order chi connectivity index (χ1) is 7.04. The van der Waals surface area contributed by atoms with E-state index >= 15 is 0 Å². The van der Waals surface area contributed by atoms with Crippen molar-refractivity contribution in [3.63, 3.8) is 0 Å². The number of thiophene rings is 1. The van der Waals surface area contributed by atoms with E-state index in [0.29, 0.717) is 0 Å². The summed E-state index contributed by atoms with van der Waals surface area (Å²) in [7, 11) is 1.18. The number of rotatable bonds is 4. The second-order valence-electron chi connectivity index (χ2n) is 2.85. The van der Waals surface area contributed by atoms with Crippen LogP contribution in [0.2, 0.25) is 0 Å². The maximum atomic E-state index is 11.2. The zero-order valence-corrected chi connectivity index (χ0v) is 10.3. The van der Waals surface area contributed by atoms with E-state index in [0.717, 1.165) is 9.35 Å². The third-order valence-electron chi connectivity index (χ3n) is 1.81. The Morgan fingerprint density at radius 2 is 2.33 bits per heavy atom. The Kier molecular flexibility index (Phi) is 4.28. The topological polar surface area (TPSA) is 63.6 Å². The van der Waals surface area contributed by atoms with Gasteiger partial charge in [-0.25, -0.2) is 0 Å². The van der Waals surface area contributed by atoms with Gasteiger partial charge in [-0.15, -0.1) is 11.3 Å². The Hall–Kier alpha value is -0.880. The molecule has 0 aromatic carbocycles. The largest absolute Gasteiger partial charge is 0.481 e. The Balaban J connectivity index is 2.75. The minimum absolute atomic E-state index is 0.165. The molecule has 6 heteroatoms. The molecule has 82 valence electrons. The summed E-state index contributed by atoms with van der Waals surface area (Å²) in [6.45, 7) is 0. The highest BCUT2D eigenvalue weighted by molar-refractivity contribution is 9.10. The number of hydrogen-bond donors (Lipinski definition) is 1. The van der Waals surface area contributed by atoms with Gasteiger partial charge in [-0.05, 0) is 22.0 Å². The molecule has 0 aliphatic carbocycles.